The van der Waals surface area contributed by atoms with E-state index in [-0.39, 0.29) is 31.0 Å². The van der Waals surface area contributed by atoms with Gasteiger partial charge < -0.3 is 16.5 Å². The number of rotatable bonds is 0. The molecule has 0 radical (unpaired) electrons. The van der Waals surface area contributed by atoms with Crippen LogP contribution in [0.25, 0.3) is 0 Å². The van der Waals surface area contributed by atoms with Crippen LogP contribution in [0.15, 0.2) is 0 Å². The van der Waals surface area contributed by atoms with Gasteiger partial charge in [-0.2, -0.15) is 5.90 Å². The number of hydrogen-bond acceptors (Lipinski definition) is 5. The van der Waals surface area contributed by atoms with E-state index >= 15 is 0 Å². The van der Waals surface area contributed by atoms with Gasteiger partial charge in [-0.15, -0.1) is 0 Å². The molecule has 7 nitrogen and oxygen atoms in total. The Morgan fingerprint density at radius 1 is 1.07 bits per heavy atom. The van der Waals surface area contributed by atoms with E-state index < -0.39 is 17.9 Å². The summed E-state index contributed by atoms with van der Waals surface area (Å²) in [5.74, 6) is 2.19. The van der Waals surface area contributed by atoms with Gasteiger partial charge in [0.2, 0.25) is 0 Å². The molecule has 80 valence electrons. The molecule has 0 unspecified atom stereocenters. The second kappa shape index (κ2) is 18.2. The Balaban J connectivity index is -0.0000000315. The predicted octanol–water partition coefficient (Wildman–Crippen LogP) is -3.28. The molecule has 0 amide bonds. The van der Waals surface area contributed by atoms with Crippen LogP contribution in [0.1, 0.15) is 22.2 Å². The predicted molar refractivity (Wildman–Crippen MR) is 43.7 cm³/mol. The van der Waals surface area contributed by atoms with Crippen molar-refractivity contribution in [3.05, 3.63) is 0 Å². The van der Waals surface area contributed by atoms with Crippen molar-refractivity contribution in [3.63, 3.8) is 0 Å². The normalized spacial score (nSPS) is 6.00. The van der Waals surface area contributed by atoms with Gasteiger partial charge in [0.05, 0.1) is 0 Å². The molecule has 0 heterocycles. The van der Waals surface area contributed by atoms with Crippen molar-refractivity contribution in [2.24, 2.45) is 5.90 Å². The molecular weight excluding hydrogens is 205 g/mol. The Bertz CT molecular complexity index is 157. The Labute approximate surface area is 105 Å². The fourth-order valence-electron chi connectivity index (χ4n) is 0. The van der Waals surface area contributed by atoms with Crippen LogP contribution in [0.5, 0.6) is 0 Å². The van der Waals surface area contributed by atoms with Crippen molar-refractivity contribution in [1.29, 1.82) is 0 Å². The number of nitrogens with two attached hydrogens (primary N) is 1. The first kappa shape index (κ1) is 23.3. The zero-order chi connectivity index (χ0) is 11.4. The van der Waals surface area contributed by atoms with Gasteiger partial charge >= 0.3 is 35.5 Å². The molecule has 0 atom stereocenters. The summed E-state index contributed by atoms with van der Waals surface area (Å²) in [6.07, 6.45) is 0. The van der Waals surface area contributed by atoms with Crippen LogP contribution in [0.4, 0.5) is 0 Å². The Hall–Kier alpha value is -0.630. The standard InChI is InChI=1S/C2H5NO2.2C2H4O2.Na.H/c1-2(4)5-3;2*1-2(3)4;;/h3H2,1H3;2*1H3,(H,3,4);;/q;;;+1;-1. The quantitative estimate of drug-likeness (QED) is 0.288. The first-order valence-electron chi connectivity index (χ1n) is 3.00. The van der Waals surface area contributed by atoms with Crippen LogP contribution in [0.2, 0.25) is 0 Å². The number of aliphatic carboxylic acids is 2. The molecule has 0 saturated carbocycles. The fraction of sp³-hybridized carbons (Fsp3) is 0.500. The molecule has 0 aliphatic rings. The van der Waals surface area contributed by atoms with Gasteiger partial charge in [0.25, 0.3) is 11.9 Å². The Morgan fingerprint density at radius 2 is 1.14 bits per heavy atom. The minimum absolute atomic E-state index is 0. The molecule has 4 N–H and O–H groups in total. The summed E-state index contributed by atoms with van der Waals surface area (Å²) in [6, 6.07) is 0. The maximum Gasteiger partial charge on any atom is 1.00 e. The number of carboxylic acid groups (broad SMARTS) is 2. The maximum absolute atomic E-state index is 9.47. The molecule has 0 aromatic carbocycles. The van der Waals surface area contributed by atoms with Crippen LogP contribution in [-0.2, 0) is 19.2 Å². The maximum atomic E-state index is 9.47. The monoisotopic (exact) mass is 219 g/mol. The summed E-state index contributed by atoms with van der Waals surface area (Å²) < 4.78 is 0. The smallest absolute Gasteiger partial charge is 1.00 e. The topological polar surface area (TPSA) is 127 Å². The van der Waals surface area contributed by atoms with Gasteiger partial charge in [0.15, 0.2) is 0 Å². The molecule has 0 rings (SSSR count). The van der Waals surface area contributed by atoms with E-state index in [0.717, 1.165) is 13.8 Å². The van der Waals surface area contributed by atoms with Crippen LogP contribution in [0.3, 0.4) is 0 Å². The average molecular weight is 219 g/mol. The Kier molecular flexibility index (Phi) is 30.3. The van der Waals surface area contributed by atoms with Gasteiger partial charge in [0.1, 0.15) is 0 Å². The molecule has 0 aliphatic heterocycles. The van der Waals surface area contributed by atoms with Crippen LogP contribution < -0.4 is 35.5 Å². The van der Waals surface area contributed by atoms with E-state index in [4.69, 9.17) is 19.8 Å². The second-order valence-corrected chi connectivity index (χ2v) is 1.65. The number of carbonyl (C=O) groups is 3. The largest absolute Gasteiger partial charge is 1.00 e. The van der Waals surface area contributed by atoms with Crippen LogP contribution in [0, 0.1) is 0 Å². The van der Waals surface area contributed by atoms with Crippen molar-refractivity contribution in [2.45, 2.75) is 20.8 Å². The first-order chi connectivity index (χ1) is 5.73. The van der Waals surface area contributed by atoms with E-state index in [1.165, 1.54) is 6.92 Å². The Morgan fingerprint density at radius 3 is 1.14 bits per heavy atom. The molecule has 0 fully saturated rings. The van der Waals surface area contributed by atoms with Crippen molar-refractivity contribution >= 4 is 17.9 Å². The summed E-state index contributed by atoms with van der Waals surface area (Å²) in [5, 5.41) is 14.8. The van der Waals surface area contributed by atoms with Gasteiger partial charge in [0, 0.05) is 20.8 Å². The third kappa shape index (κ3) is 651. The van der Waals surface area contributed by atoms with Gasteiger partial charge in [-0.1, -0.05) is 0 Å². The third-order valence-corrected chi connectivity index (χ3v) is 0.166. The SMILES string of the molecule is CC(=O)O.CC(=O)O.CC(=O)ON.[H-].[Na+]. The van der Waals surface area contributed by atoms with Crippen molar-refractivity contribution < 1.29 is 60.4 Å². The molecule has 14 heavy (non-hydrogen) atoms. The van der Waals surface area contributed by atoms with E-state index in [0.29, 0.717) is 0 Å². The van der Waals surface area contributed by atoms with E-state index in [2.05, 4.69) is 10.7 Å². The molecule has 0 aromatic rings. The molecule has 8 heteroatoms. The van der Waals surface area contributed by atoms with Crippen molar-refractivity contribution in [3.8, 4) is 0 Å². The summed E-state index contributed by atoms with van der Waals surface area (Å²) >= 11 is 0. The summed E-state index contributed by atoms with van der Waals surface area (Å²) in [4.78, 5) is 31.1. The second-order valence-electron chi connectivity index (χ2n) is 1.65. The summed E-state index contributed by atoms with van der Waals surface area (Å²) in [7, 11) is 0. The van der Waals surface area contributed by atoms with Crippen LogP contribution in [-0.4, -0.2) is 28.1 Å². The van der Waals surface area contributed by atoms with Gasteiger partial charge in [-0.05, 0) is 0 Å². The third-order valence-electron chi connectivity index (χ3n) is 0.166. The average Bonchev–Trinajstić information content (AvgIpc) is 1.84. The van der Waals surface area contributed by atoms with Crippen molar-refractivity contribution in [1.82, 2.24) is 0 Å². The zero-order valence-corrected chi connectivity index (χ0v) is 10.6. The first-order valence-corrected chi connectivity index (χ1v) is 3.00. The van der Waals surface area contributed by atoms with Crippen LogP contribution >= 0.6 is 0 Å². The molecule has 0 saturated heterocycles. The fourth-order valence-corrected chi connectivity index (χ4v) is 0. The molecule has 0 spiro atoms. The molecular formula is C6H14NNaO6. The van der Waals surface area contributed by atoms with Crippen molar-refractivity contribution in [2.75, 3.05) is 0 Å². The van der Waals surface area contributed by atoms with E-state index in [1.807, 2.05) is 0 Å². The van der Waals surface area contributed by atoms with Gasteiger partial charge in [-0.25, -0.2) is 0 Å². The molecule has 0 aliphatic carbocycles. The zero-order valence-electron chi connectivity index (χ0n) is 9.60. The molecule has 0 aromatic heterocycles. The molecule has 0 bridgehead atoms. The summed E-state index contributed by atoms with van der Waals surface area (Å²) in [5.41, 5.74) is 0. The van der Waals surface area contributed by atoms with E-state index in [9.17, 15) is 4.79 Å². The minimum atomic E-state index is -0.833. The number of hydrogen-bond donors (Lipinski definition) is 3. The summed E-state index contributed by atoms with van der Waals surface area (Å²) in [6.45, 7) is 3.40. The van der Waals surface area contributed by atoms with E-state index in [1.54, 1.807) is 0 Å². The number of carboxylic acids is 2. The minimum Gasteiger partial charge on any atom is -1.00 e. The van der Waals surface area contributed by atoms with Gasteiger partial charge in [-0.3, -0.25) is 14.4 Å². The number of carbonyl (C=O) groups excluding carboxylic acids is 1.